The molecule has 1 saturated heterocycles. The summed E-state index contributed by atoms with van der Waals surface area (Å²) in [6, 6.07) is 8.95. The standard InChI is InChI=1S/C13H18N2O2/c14-12(10-6-8-17-9-7-10)13(16)15-11-4-2-1-3-5-11/h1-5,10,12H,6-9,14H2,(H,15,16)/t12-/m1/s1. The molecule has 0 radical (unpaired) electrons. The van der Waals surface area contributed by atoms with E-state index in [2.05, 4.69) is 5.32 Å². The first-order valence-corrected chi connectivity index (χ1v) is 5.96. The zero-order chi connectivity index (χ0) is 12.1. The molecule has 0 spiro atoms. The van der Waals surface area contributed by atoms with Gasteiger partial charge in [-0.2, -0.15) is 0 Å². The zero-order valence-electron chi connectivity index (χ0n) is 9.76. The fourth-order valence-corrected chi connectivity index (χ4v) is 2.04. The van der Waals surface area contributed by atoms with Crippen molar-refractivity contribution in [3.8, 4) is 0 Å². The fraction of sp³-hybridized carbons (Fsp3) is 0.462. The van der Waals surface area contributed by atoms with Crippen molar-refractivity contribution in [1.82, 2.24) is 0 Å². The molecule has 3 N–H and O–H groups in total. The van der Waals surface area contributed by atoms with Gasteiger partial charge in [0.2, 0.25) is 5.91 Å². The van der Waals surface area contributed by atoms with Crippen molar-refractivity contribution in [2.45, 2.75) is 18.9 Å². The van der Waals surface area contributed by atoms with Crippen LogP contribution < -0.4 is 11.1 Å². The van der Waals surface area contributed by atoms with E-state index in [-0.39, 0.29) is 11.8 Å². The average Bonchev–Trinajstić information content (AvgIpc) is 2.40. The molecule has 17 heavy (non-hydrogen) atoms. The van der Waals surface area contributed by atoms with Gasteiger partial charge in [0.15, 0.2) is 0 Å². The largest absolute Gasteiger partial charge is 0.381 e. The van der Waals surface area contributed by atoms with Gasteiger partial charge in [-0.05, 0) is 30.9 Å². The first-order chi connectivity index (χ1) is 8.27. The molecule has 4 nitrogen and oxygen atoms in total. The number of hydrogen-bond donors (Lipinski definition) is 2. The molecule has 1 aliphatic heterocycles. The van der Waals surface area contributed by atoms with E-state index in [1.165, 1.54) is 0 Å². The third-order valence-electron chi connectivity index (χ3n) is 3.12. The van der Waals surface area contributed by atoms with Crippen LogP contribution in [0.3, 0.4) is 0 Å². The van der Waals surface area contributed by atoms with Gasteiger partial charge in [-0.25, -0.2) is 0 Å². The predicted octanol–water partition coefficient (Wildman–Crippen LogP) is 1.38. The smallest absolute Gasteiger partial charge is 0.241 e. The Hall–Kier alpha value is -1.39. The van der Waals surface area contributed by atoms with Crippen molar-refractivity contribution in [1.29, 1.82) is 0 Å². The minimum Gasteiger partial charge on any atom is -0.381 e. The van der Waals surface area contributed by atoms with Crippen LogP contribution in [0.4, 0.5) is 5.69 Å². The van der Waals surface area contributed by atoms with Crippen LogP contribution >= 0.6 is 0 Å². The van der Waals surface area contributed by atoms with Gasteiger partial charge in [0.1, 0.15) is 0 Å². The van der Waals surface area contributed by atoms with E-state index in [0.717, 1.165) is 18.5 Å². The maximum absolute atomic E-state index is 11.9. The number of nitrogens with one attached hydrogen (secondary N) is 1. The molecular weight excluding hydrogens is 216 g/mol. The van der Waals surface area contributed by atoms with Crippen molar-refractivity contribution in [2.24, 2.45) is 11.7 Å². The van der Waals surface area contributed by atoms with Gasteiger partial charge < -0.3 is 15.8 Å². The third kappa shape index (κ3) is 3.28. The van der Waals surface area contributed by atoms with Gasteiger partial charge in [-0.3, -0.25) is 4.79 Å². The highest BCUT2D eigenvalue weighted by atomic mass is 16.5. The molecule has 2 rings (SSSR count). The van der Waals surface area contributed by atoms with Crippen molar-refractivity contribution in [3.63, 3.8) is 0 Å². The zero-order valence-corrected chi connectivity index (χ0v) is 9.76. The summed E-state index contributed by atoms with van der Waals surface area (Å²) in [6.45, 7) is 1.41. The molecule has 1 aromatic carbocycles. The number of rotatable bonds is 3. The summed E-state index contributed by atoms with van der Waals surface area (Å²) in [5.74, 6) is 0.121. The molecule has 1 atom stereocenters. The predicted molar refractivity (Wildman–Crippen MR) is 66.6 cm³/mol. The Morgan fingerprint density at radius 2 is 1.94 bits per heavy atom. The van der Waals surface area contributed by atoms with Gasteiger partial charge in [0, 0.05) is 18.9 Å². The van der Waals surface area contributed by atoms with Crippen LogP contribution in [0, 0.1) is 5.92 Å². The third-order valence-corrected chi connectivity index (χ3v) is 3.12. The first kappa shape index (κ1) is 12.1. The highest BCUT2D eigenvalue weighted by molar-refractivity contribution is 5.94. The maximum Gasteiger partial charge on any atom is 0.241 e. The average molecular weight is 234 g/mol. The van der Waals surface area contributed by atoms with Crippen molar-refractivity contribution in [3.05, 3.63) is 30.3 Å². The molecule has 0 aliphatic carbocycles. The summed E-state index contributed by atoms with van der Waals surface area (Å²) in [6.07, 6.45) is 1.73. The second-order valence-electron chi connectivity index (χ2n) is 4.33. The Kier molecular flexibility index (Phi) is 4.12. The SMILES string of the molecule is N[C@@H](C(=O)Nc1ccccc1)C1CCOCC1. The Morgan fingerprint density at radius 1 is 1.29 bits per heavy atom. The van der Waals surface area contributed by atoms with E-state index < -0.39 is 6.04 Å². The monoisotopic (exact) mass is 234 g/mol. The number of benzene rings is 1. The fourth-order valence-electron chi connectivity index (χ4n) is 2.04. The number of carbonyl (C=O) groups excluding carboxylic acids is 1. The van der Waals surface area contributed by atoms with Crippen LogP contribution in [0.1, 0.15) is 12.8 Å². The molecule has 1 aromatic rings. The van der Waals surface area contributed by atoms with E-state index >= 15 is 0 Å². The molecule has 1 fully saturated rings. The van der Waals surface area contributed by atoms with E-state index in [1.54, 1.807) is 0 Å². The van der Waals surface area contributed by atoms with Crippen LogP contribution in [-0.2, 0) is 9.53 Å². The topological polar surface area (TPSA) is 64.4 Å². The van der Waals surface area contributed by atoms with E-state index in [0.29, 0.717) is 13.2 Å². The first-order valence-electron chi connectivity index (χ1n) is 5.96. The van der Waals surface area contributed by atoms with Crippen LogP contribution in [0.5, 0.6) is 0 Å². The van der Waals surface area contributed by atoms with Gasteiger partial charge >= 0.3 is 0 Å². The Morgan fingerprint density at radius 3 is 2.59 bits per heavy atom. The number of amides is 1. The lowest BCUT2D eigenvalue weighted by Gasteiger charge is -2.26. The van der Waals surface area contributed by atoms with Crippen LogP contribution in [0.2, 0.25) is 0 Å². The summed E-state index contributed by atoms with van der Waals surface area (Å²) in [5, 5.41) is 2.83. The minimum atomic E-state index is -0.445. The van der Waals surface area contributed by atoms with Crippen molar-refractivity contribution < 1.29 is 9.53 Å². The lowest BCUT2D eigenvalue weighted by molar-refractivity contribution is -0.119. The second-order valence-corrected chi connectivity index (χ2v) is 4.33. The van der Waals surface area contributed by atoms with Crippen LogP contribution in [-0.4, -0.2) is 25.2 Å². The number of anilines is 1. The van der Waals surface area contributed by atoms with Gasteiger partial charge in [0.05, 0.1) is 6.04 Å². The number of ether oxygens (including phenoxy) is 1. The molecule has 4 heteroatoms. The van der Waals surface area contributed by atoms with Crippen molar-refractivity contribution >= 4 is 11.6 Å². The second kappa shape index (κ2) is 5.80. The highest BCUT2D eigenvalue weighted by Gasteiger charge is 2.26. The summed E-state index contributed by atoms with van der Waals surface area (Å²) in [4.78, 5) is 11.9. The van der Waals surface area contributed by atoms with E-state index in [4.69, 9.17) is 10.5 Å². The number of hydrogen-bond acceptors (Lipinski definition) is 3. The quantitative estimate of drug-likeness (QED) is 0.830. The Bertz CT molecular complexity index is 361. The van der Waals surface area contributed by atoms with Gasteiger partial charge in [-0.1, -0.05) is 18.2 Å². The molecule has 0 bridgehead atoms. The summed E-state index contributed by atoms with van der Waals surface area (Å²) in [5.41, 5.74) is 6.76. The molecule has 0 aromatic heterocycles. The number of nitrogens with two attached hydrogens (primary N) is 1. The Balaban J connectivity index is 1.90. The molecular formula is C13H18N2O2. The molecule has 1 amide bonds. The van der Waals surface area contributed by atoms with Crippen LogP contribution in [0.25, 0.3) is 0 Å². The summed E-state index contributed by atoms with van der Waals surface area (Å²) >= 11 is 0. The number of para-hydroxylation sites is 1. The molecule has 1 aliphatic rings. The lowest BCUT2D eigenvalue weighted by Crippen LogP contribution is -2.43. The summed E-state index contributed by atoms with van der Waals surface area (Å²) < 4.78 is 5.26. The van der Waals surface area contributed by atoms with Crippen LogP contribution in [0.15, 0.2) is 30.3 Å². The van der Waals surface area contributed by atoms with E-state index in [1.807, 2.05) is 30.3 Å². The molecule has 0 unspecified atom stereocenters. The number of carbonyl (C=O) groups is 1. The van der Waals surface area contributed by atoms with E-state index in [9.17, 15) is 4.79 Å². The minimum absolute atomic E-state index is 0.108. The summed E-state index contributed by atoms with van der Waals surface area (Å²) in [7, 11) is 0. The molecule has 1 heterocycles. The van der Waals surface area contributed by atoms with Crippen molar-refractivity contribution in [2.75, 3.05) is 18.5 Å². The lowest BCUT2D eigenvalue weighted by atomic mass is 9.92. The van der Waals surface area contributed by atoms with Gasteiger partial charge in [-0.15, -0.1) is 0 Å². The van der Waals surface area contributed by atoms with Gasteiger partial charge in [0.25, 0.3) is 0 Å². The Labute approximate surface area is 101 Å². The maximum atomic E-state index is 11.9. The molecule has 0 saturated carbocycles. The molecule has 92 valence electrons. The highest BCUT2D eigenvalue weighted by Crippen LogP contribution is 2.18. The normalized spacial score (nSPS) is 18.6.